The first-order valence-corrected chi connectivity index (χ1v) is 36.9. The van der Waals surface area contributed by atoms with E-state index < -0.39 is 20.0 Å². The molecule has 3 N–H and O–H groups in total. The Hall–Kier alpha value is -3.88. The molecule has 0 bridgehead atoms. The molecule has 0 saturated heterocycles. The van der Waals surface area contributed by atoms with E-state index in [2.05, 4.69) is 165 Å². The molecule has 0 aliphatic carbocycles. The molecular formula is C78H134N2O6P+. The topological polar surface area (TPSA) is 105 Å². The Kier molecular flexibility index (Phi) is 63.6. The number of nitrogens with one attached hydrogen (secondary N) is 1. The minimum atomic E-state index is -4.38. The Labute approximate surface area is 537 Å². The summed E-state index contributed by atoms with van der Waals surface area (Å²) in [4.78, 5) is 23.4. The van der Waals surface area contributed by atoms with Gasteiger partial charge in [0.1, 0.15) is 13.2 Å². The Balaban J connectivity index is 4.26. The average Bonchev–Trinajstić information content (AvgIpc) is 3.70. The number of allylic oxidation sites excluding steroid dienone is 25. The Morgan fingerprint density at radius 3 is 1.06 bits per heavy atom. The predicted octanol–water partition coefficient (Wildman–Crippen LogP) is 22.9. The van der Waals surface area contributed by atoms with Gasteiger partial charge in [-0.1, -0.05) is 313 Å². The van der Waals surface area contributed by atoms with Gasteiger partial charge in [-0.3, -0.25) is 13.8 Å². The average molecular weight is 1230 g/mol. The molecule has 8 nitrogen and oxygen atoms in total. The Bertz CT molecular complexity index is 1980. The largest absolute Gasteiger partial charge is 0.472 e. The summed E-state index contributed by atoms with van der Waals surface area (Å²) in [6.07, 6.45) is 104. The summed E-state index contributed by atoms with van der Waals surface area (Å²) in [5.41, 5.74) is 0. The highest BCUT2D eigenvalue weighted by molar-refractivity contribution is 7.47. The van der Waals surface area contributed by atoms with Crippen molar-refractivity contribution < 1.29 is 32.9 Å². The highest BCUT2D eigenvalue weighted by Crippen LogP contribution is 2.43. The van der Waals surface area contributed by atoms with Crippen LogP contribution in [0.15, 0.2) is 158 Å². The molecule has 0 aromatic carbocycles. The van der Waals surface area contributed by atoms with Crippen molar-refractivity contribution in [1.82, 2.24) is 5.32 Å². The number of quaternary nitrogens is 1. The van der Waals surface area contributed by atoms with Gasteiger partial charge in [-0.25, -0.2) is 4.57 Å². The van der Waals surface area contributed by atoms with Gasteiger partial charge in [-0.15, -0.1) is 0 Å². The van der Waals surface area contributed by atoms with Crippen LogP contribution in [0.2, 0.25) is 0 Å². The third-order valence-electron chi connectivity index (χ3n) is 15.0. The van der Waals surface area contributed by atoms with Crippen LogP contribution >= 0.6 is 7.82 Å². The van der Waals surface area contributed by atoms with Crippen LogP contribution in [0.1, 0.15) is 277 Å². The van der Waals surface area contributed by atoms with Gasteiger partial charge < -0.3 is 19.8 Å². The summed E-state index contributed by atoms with van der Waals surface area (Å²) >= 11 is 0. The van der Waals surface area contributed by atoms with Crippen molar-refractivity contribution >= 4 is 13.7 Å². The lowest BCUT2D eigenvalue weighted by molar-refractivity contribution is -0.870. The lowest BCUT2D eigenvalue weighted by atomic mass is 10.0. The second kappa shape index (κ2) is 66.5. The monoisotopic (exact) mass is 1230 g/mol. The van der Waals surface area contributed by atoms with Gasteiger partial charge in [-0.05, 0) is 116 Å². The number of unbranched alkanes of at least 4 members (excludes halogenated alkanes) is 26. The molecular weight excluding hydrogens is 1090 g/mol. The number of phosphoric ester groups is 1. The number of hydrogen-bond acceptors (Lipinski definition) is 5. The van der Waals surface area contributed by atoms with Gasteiger partial charge in [0.25, 0.3) is 0 Å². The van der Waals surface area contributed by atoms with E-state index in [4.69, 9.17) is 9.05 Å². The van der Waals surface area contributed by atoms with Gasteiger partial charge in [0, 0.05) is 6.42 Å². The zero-order valence-corrected chi connectivity index (χ0v) is 57.6. The summed E-state index contributed by atoms with van der Waals surface area (Å²) in [5, 5.41) is 14.0. The van der Waals surface area contributed by atoms with Crippen LogP contribution < -0.4 is 5.32 Å². The molecule has 0 spiro atoms. The molecule has 496 valence electrons. The Morgan fingerprint density at radius 1 is 0.402 bits per heavy atom. The fraction of sp³-hybridized carbons (Fsp3) is 0.654. The number of phosphoric acid groups is 1. The zero-order chi connectivity index (χ0) is 63.4. The van der Waals surface area contributed by atoms with E-state index in [0.29, 0.717) is 23.9 Å². The van der Waals surface area contributed by atoms with E-state index in [1.54, 1.807) is 6.08 Å². The van der Waals surface area contributed by atoms with Crippen molar-refractivity contribution in [3.05, 3.63) is 158 Å². The van der Waals surface area contributed by atoms with Crippen LogP contribution in [-0.2, 0) is 18.4 Å². The third-order valence-corrected chi connectivity index (χ3v) is 16.0. The fourth-order valence-electron chi connectivity index (χ4n) is 9.53. The number of carbonyl (C=O) groups excluding carboxylic acids is 1. The number of aliphatic hydroxyl groups excluding tert-OH is 1. The van der Waals surface area contributed by atoms with Crippen LogP contribution in [-0.4, -0.2) is 73.4 Å². The van der Waals surface area contributed by atoms with Gasteiger partial charge in [0.05, 0.1) is 39.9 Å². The second-order valence-electron chi connectivity index (χ2n) is 24.5. The number of rotatable bonds is 63. The third kappa shape index (κ3) is 69.5. The van der Waals surface area contributed by atoms with Crippen molar-refractivity contribution in [2.24, 2.45) is 0 Å². The molecule has 0 aromatic rings. The highest BCUT2D eigenvalue weighted by Gasteiger charge is 2.28. The first-order chi connectivity index (χ1) is 42.5. The van der Waals surface area contributed by atoms with Crippen molar-refractivity contribution in [1.29, 1.82) is 0 Å². The minimum absolute atomic E-state index is 0.0409. The van der Waals surface area contributed by atoms with Crippen molar-refractivity contribution in [3.63, 3.8) is 0 Å². The van der Waals surface area contributed by atoms with E-state index in [9.17, 15) is 19.4 Å². The predicted molar refractivity (Wildman–Crippen MR) is 382 cm³/mol. The van der Waals surface area contributed by atoms with E-state index in [1.165, 1.54) is 141 Å². The van der Waals surface area contributed by atoms with Crippen molar-refractivity contribution in [2.75, 3.05) is 40.9 Å². The smallest absolute Gasteiger partial charge is 0.387 e. The number of likely N-dealkylation sites (N-methyl/N-ethyl adjacent to an activating group) is 1. The van der Waals surface area contributed by atoms with E-state index in [0.717, 1.165) is 109 Å². The molecule has 9 heteroatoms. The summed E-state index contributed by atoms with van der Waals surface area (Å²) < 4.78 is 23.8. The maximum atomic E-state index is 13.0. The molecule has 0 heterocycles. The van der Waals surface area contributed by atoms with Crippen molar-refractivity contribution in [3.8, 4) is 0 Å². The maximum absolute atomic E-state index is 13.0. The molecule has 0 radical (unpaired) electrons. The lowest BCUT2D eigenvalue weighted by Gasteiger charge is -2.25. The first kappa shape index (κ1) is 83.1. The van der Waals surface area contributed by atoms with Gasteiger partial charge in [-0.2, -0.15) is 0 Å². The van der Waals surface area contributed by atoms with Crippen LogP contribution in [0.25, 0.3) is 0 Å². The number of carbonyl (C=O) groups is 1. The van der Waals surface area contributed by atoms with Gasteiger partial charge in [0.2, 0.25) is 5.91 Å². The molecule has 0 rings (SSSR count). The number of hydrogen-bond donors (Lipinski definition) is 3. The summed E-state index contributed by atoms with van der Waals surface area (Å²) in [5.74, 6) is -0.223. The molecule has 0 fully saturated rings. The fourth-order valence-corrected chi connectivity index (χ4v) is 10.3. The van der Waals surface area contributed by atoms with Gasteiger partial charge >= 0.3 is 7.82 Å². The van der Waals surface area contributed by atoms with Gasteiger partial charge in [0.15, 0.2) is 0 Å². The molecule has 0 aromatic heterocycles. The van der Waals surface area contributed by atoms with E-state index in [1.807, 2.05) is 27.2 Å². The van der Waals surface area contributed by atoms with Crippen LogP contribution in [0.5, 0.6) is 0 Å². The summed E-state index contributed by atoms with van der Waals surface area (Å²) in [6, 6.07) is -0.896. The standard InChI is InChI=1S/C78H133N2O6P/c1-6-8-10-12-14-16-18-20-22-24-26-28-30-32-34-36-37-38-39-40-41-42-43-44-46-48-50-52-54-56-58-60-62-64-66-68-70-72-78(82)79-76(75-86-87(83,84)85-74-73-80(3,4)5)77(81)71-69-67-65-63-61-59-57-55-53-51-49-47-45-35-33-31-29-27-25-23-21-19-17-15-13-11-9-7-2/h8,10,14,16,20,22,26,28,32,34,37-38,40-41,43-44,48,50,54,56,60-63,69,71,76-77,81H,6-7,9,11-13,15,17-19,21,23-25,27,29-31,33,35-36,39,42,45-47,49,51-53,55,57-59,64-68,70,72-75H2,1-5H3,(H-,79,82,83,84)/p+1/b10-8-,16-14-,22-20-,28-26-,34-32-,38-37-,41-40-,44-43-,50-48-,56-54-,62-60-,63-61+,71-69+. The quantitative estimate of drug-likeness (QED) is 0.0243. The molecule has 0 aliphatic heterocycles. The minimum Gasteiger partial charge on any atom is -0.387 e. The van der Waals surface area contributed by atoms with E-state index >= 15 is 0 Å². The van der Waals surface area contributed by atoms with Crippen LogP contribution in [0, 0.1) is 0 Å². The first-order valence-electron chi connectivity index (χ1n) is 35.4. The van der Waals surface area contributed by atoms with Crippen LogP contribution in [0.3, 0.4) is 0 Å². The van der Waals surface area contributed by atoms with Crippen LogP contribution in [0.4, 0.5) is 0 Å². The summed E-state index contributed by atoms with van der Waals surface area (Å²) in [6.45, 7) is 4.66. The summed E-state index contributed by atoms with van der Waals surface area (Å²) in [7, 11) is 1.51. The van der Waals surface area contributed by atoms with Crippen molar-refractivity contribution in [2.45, 2.75) is 289 Å². The molecule has 0 saturated carbocycles. The SMILES string of the molecule is CC/C=C\C/C=C\C/C=C\C/C=C\C/C=C\C/C=C\C/C=C\C/C=C\C/C=C\C/C=C\C/C=C\CCCCCC(=O)NC(COP(=O)(O)OCC[N+](C)(C)C)C(O)/C=C/CC/C=C/CCCCCCCCCCCCCCCCCCCCCCCC. The number of amides is 1. The number of nitrogens with zero attached hydrogens (tertiary/aromatic N) is 1. The molecule has 1 amide bonds. The molecule has 3 unspecified atom stereocenters. The normalized spacial score (nSPS) is 14.6. The number of aliphatic hydroxyl groups is 1. The molecule has 0 aliphatic rings. The van der Waals surface area contributed by atoms with E-state index in [-0.39, 0.29) is 19.1 Å². The maximum Gasteiger partial charge on any atom is 0.472 e. The zero-order valence-electron chi connectivity index (χ0n) is 56.7. The lowest BCUT2D eigenvalue weighted by Crippen LogP contribution is -2.45. The molecule has 3 atom stereocenters. The second-order valence-corrected chi connectivity index (χ2v) is 26.0. The molecule has 87 heavy (non-hydrogen) atoms. The highest BCUT2D eigenvalue weighted by atomic mass is 31.2. The Morgan fingerprint density at radius 2 is 0.701 bits per heavy atom.